The monoisotopic (exact) mass is 909 g/mol. The van der Waals surface area contributed by atoms with E-state index in [0.29, 0.717) is 55.6 Å². The molecule has 14 atom stereocenters. The van der Waals surface area contributed by atoms with Crippen LogP contribution in [0.2, 0.25) is 0 Å². The molecule has 1 heterocycles. The summed E-state index contributed by atoms with van der Waals surface area (Å²) in [5, 5.41) is 13.9. The van der Waals surface area contributed by atoms with Crippen molar-refractivity contribution in [1.82, 2.24) is 10.2 Å². The molecule has 1 aliphatic heterocycles. The van der Waals surface area contributed by atoms with Gasteiger partial charge in [0.2, 0.25) is 0 Å². The van der Waals surface area contributed by atoms with E-state index < -0.39 is 34.7 Å². The van der Waals surface area contributed by atoms with Gasteiger partial charge in [-0.15, -0.1) is 0 Å². The Morgan fingerprint density at radius 2 is 1.52 bits per heavy atom. The van der Waals surface area contributed by atoms with Crippen molar-refractivity contribution in [2.24, 2.45) is 68.5 Å². The Morgan fingerprint density at radius 3 is 2.11 bits per heavy atom. The molecule has 2 N–H and O–H groups in total. The number of aliphatic carboxylic acids is 1. The lowest BCUT2D eigenvalue weighted by Gasteiger charge is -2.73. The summed E-state index contributed by atoms with van der Waals surface area (Å²) >= 11 is 0. The minimum atomic E-state index is -3.41. The summed E-state index contributed by atoms with van der Waals surface area (Å²) in [6.45, 7) is 26.7. The highest BCUT2D eigenvalue weighted by molar-refractivity contribution is 7.91. The second kappa shape index (κ2) is 16.8. The normalized spacial score (nSPS) is 43.1. The first-order chi connectivity index (χ1) is 28.8. The Balaban J connectivity index is 1.11. The van der Waals surface area contributed by atoms with Crippen LogP contribution in [0.4, 0.5) is 0 Å². The van der Waals surface area contributed by atoms with Gasteiger partial charge in [-0.1, -0.05) is 60.6 Å². The largest absolute Gasteiger partial charge is 0.481 e. The van der Waals surface area contributed by atoms with Gasteiger partial charge in [0.1, 0.15) is 12.5 Å². The minimum absolute atomic E-state index is 0.0876. The average molecular weight is 909 g/mol. The predicted molar refractivity (Wildman–Crippen MR) is 241 cm³/mol. The third kappa shape index (κ3) is 7.85. The van der Waals surface area contributed by atoms with Gasteiger partial charge < -0.3 is 28.9 Å². The Labute approximate surface area is 373 Å². The van der Waals surface area contributed by atoms with Gasteiger partial charge in [0.25, 0.3) is 0 Å². The highest BCUT2D eigenvalue weighted by Gasteiger charge is 2.71. The summed E-state index contributed by atoms with van der Waals surface area (Å²) in [6, 6.07) is -0.136. The van der Waals surface area contributed by atoms with Gasteiger partial charge in [0.15, 0.2) is 9.84 Å². The summed E-state index contributed by atoms with van der Waals surface area (Å²) in [4.78, 5) is 27.8. The molecule has 7 fully saturated rings. The van der Waals surface area contributed by atoms with Crippen LogP contribution in [0.25, 0.3) is 0 Å². The first-order valence-corrected chi connectivity index (χ1v) is 27.4. The molecule has 7 aliphatic rings. The number of allylic oxidation sites excluding steroid dienone is 1. The molecular formula is C48H81N2O10PS. The maximum absolute atomic E-state index is 13.7. The zero-order chi connectivity index (χ0) is 45.6. The van der Waals surface area contributed by atoms with E-state index in [9.17, 15) is 27.7 Å². The maximum atomic E-state index is 13.7. The quantitative estimate of drug-likeness (QED) is 0.0974. The maximum Gasteiger partial charge on any atom is 0.355 e. The second-order valence-corrected chi connectivity index (χ2v) is 27.8. The molecule has 12 nitrogen and oxygen atoms in total. The van der Waals surface area contributed by atoms with Crippen molar-refractivity contribution in [3.8, 4) is 0 Å². The molecule has 7 rings (SSSR count). The minimum Gasteiger partial charge on any atom is -0.481 e. The van der Waals surface area contributed by atoms with Gasteiger partial charge in [0.05, 0.1) is 29.4 Å². The summed E-state index contributed by atoms with van der Waals surface area (Å²) in [6.07, 6.45) is 10.5. The molecule has 14 heteroatoms. The van der Waals surface area contributed by atoms with Crippen molar-refractivity contribution in [1.29, 1.82) is 0 Å². The van der Waals surface area contributed by atoms with Crippen molar-refractivity contribution < 1.29 is 46.2 Å². The van der Waals surface area contributed by atoms with E-state index in [1.165, 1.54) is 32.6 Å². The average Bonchev–Trinajstić information content (AvgIpc) is 3.58. The van der Waals surface area contributed by atoms with E-state index in [2.05, 4.69) is 58.3 Å². The van der Waals surface area contributed by atoms with Crippen molar-refractivity contribution >= 4 is 29.4 Å². The summed E-state index contributed by atoms with van der Waals surface area (Å²) in [5.41, 5.74) is 0.738. The molecule has 0 aromatic carbocycles. The highest BCUT2D eigenvalue weighted by Crippen LogP contribution is 2.76. The Hall–Kier alpha value is -1.34. The number of carbonyl (C=O) groups excluding carboxylic acids is 1. The van der Waals surface area contributed by atoms with E-state index in [0.717, 1.165) is 51.4 Å². The van der Waals surface area contributed by atoms with Crippen LogP contribution in [0.15, 0.2) is 12.2 Å². The van der Waals surface area contributed by atoms with E-state index in [1.807, 2.05) is 20.8 Å². The number of carboxylic acid groups (broad SMARTS) is 1. The molecule has 6 saturated carbocycles. The summed E-state index contributed by atoms with van der Waals surface area (Å²) in [7, 11) is -3.77. The molecule has 0 amide bonds. The Morgan fingerprint density at radius 1 is 0.855 bits per heavy atom. The van der Waals surface area contributed by atoms with Gasteiger partial charge >= 0.3 is 19.5 Å². The van der Waals surface area contributed by atoms with Crippen LogP contribution < -0.4 is 5.32 Å². The van der Waals surface area contributed by atoms with Crippen LogP contribution in [0.5, 0.6) is 0 Å². The van der Waals surface area contributed by atoms with Crippen LogP contribution >= 0.6 is 7.60 Å². The Kier molecular flexibility index (Phi) is 13.1. The standard InChI is InChI=1S/C48H81N2O10PS/c1-30(2)32-15-20-48(49-28-36(50-23-25-62(55,56)26-24-50)31(3)59-29-61(54,57-11)58-12)22-21-46(9)33(40(32)48)13-14-38-45(8)18-17-39(44(6,7)37(45)16-19-47(38,46)10)60-42(53)35-27-34(41(51)52)43(35,4)5/h31-40,49H,1,13-29H2,2-12H3,(H,51,52)/t31?,32-,33+,34-,35+,36?,37-,38+,39-,40+,45-,46+,47+,48-/m0/s1. The van der Waals surface area contributed by atoms with Gasteiger partial charge in [-0.05, 0) is 136 Å². The van der Waals surface area contributed by atoms with Crippen LogP contribution in [-0.2, 0) is 42.5 Å². The number of nitrogens with one attached hydrogen (secondary N) is 1. The lowest BCUT2D eigenvalue weighted by atomic mass is 9.32. The van der Waals surface area contributed by atoms with Crippen LogP contribution in [-0.4, -0.2) is 106 Å². The predicted octanol–water partition coefficient (Wildman–Crippen LogP) is 8.59. The molecule has 2 unspecified atom stereocenters. The molecule has 6 aliphatic carbocycles. The lowest BCUT2D eigenvalue weighted by molar-refractivity contribution is -0.248. The molecule has 354 valence electrons. The molecule has 62 heavy (non-hydrogen) atoms. The first kappa shape index (κ1) is 48.6. The number of carboxylic acids is 1. The SMILES string of the molecule is C=C(C)[C@@H]1CC[C@]2(NCC(C(C)OCP(=O)(OC)OC)N3CCS(=O)(=O)CC3)CC[C@]3(C)[C@H](CC[C@@H]4[C@@]5(C)CC[C@H](OC(=O)[C@H]6C[C@@H](C(=O)O)C6(C)C)C(C)(C)[C@@H]5CC[C@]43C)[C@@H]12. The zero-order valence-corrected chi connectivity index (χ0v) is 41.6. The molecule has 0 radical (unpaired) electrons. The van der Waals surface area contributed by atoms with Crippen LogP contribution in [0, 0.1) is 68.5 Å². The van der Waals surface area contributed by atoms with Crippen molar-refractivity contribution in [3.63, 3.8) is 0 Å². The van der Waals surface area contributed by atoms with E-state index in [4.69, 9.17) is 18.5 Å². The Bertz CT molecular complexity index is 1890. The number of hydrogen-bond acceptors (Lipinski definition) is 11. The fraction of sp³-hybridized carbons (Fsp3) is 0.917. The van der Waals surface area contributed by atoms with Crippen LogP contribution in [0.3, 0.4) is 0 Å². The number of hydrogen-bond donors (Lipinski definition) is 2. The fourth-order valence-electron chi connectivity index (χ4n) is 16.1. The number of esters is 1. The molecular weight excluding hydrogens is 828 g/mol. The number of ether oxygens (including phenoxy) is 2. The number of rotatable bonds is 14. The fourth-order valence-corrected chi connectivity index (χ4v) is 18.1. The molecule has 0 bridgehead atoms. The third-order valence-electron chi connectivity index (χ3n) is 20.2. The van der Waals surface area contributed by atoms with Crippen molar-refractivity contribution in [2.45, 2.75) is 157 Å². The number of fused-ring (bicyclic) bond motifs is 7. The number of sulfone groups is 1. The topological polar surface area (TPSA) is 158 Å². The molecule has 0 aromatic rings. The second-order valence-electron chi connectivity index (χ2n) is 23.2. The summed E-state index contributed by atoms with van der Waals surface area (Å²) in [5.74, 6) is 0.601. The zero-order valence-electron chi connectivity index (χ0n) is 39.9. The van der Waals surface area contributed by atoms with Crippen LogP contribution in [0.1, 0.15) is 133 Å². The first-order valence-electron chi connectivity index (χ1n) is 23.9. The smallest absolute Gasteiger partial charge is 0.355 e. The molecule has 1 saturated heterocycles. The lowest BCUT2D eigenvalue weighted by Crippen LogP contribution is -2.69. The van der Waals surface area contributed by atoms with E-state index >= 15 is 0 Å². The van der Waals surface area contributed by atoms with Gasteiger partial charge in [0, 0.05) is 50.8 Å². The highest BCUT2D eigenvalue weighted by atomic mass is 32.2. The van der Waals surface area contributed by atoms with Gasteiger partial charge in [-0.2, -0.15) is 0 Å². The summed E-state index contributed by atoms with van der Waals surface area (Å²) < 4.78 is 61.2. The van der Waals surface area contributed by atoms with Gasteiger partial charge in [-0.25, -0.2) is 8.42 Å². The number of nitrogens with zero attached hydrogens (tertiary/aromatic N) is 1. The van der Waals surface area contributed by atoms with Crippen molar-refractivity contribution in [2.75, 3.05) is 51.7 Å². The molecule has 0 spiro atoms. The van der Waals surface area contributed by atoms with E-state index in [1.54, 1.807) is 0 Å². The molecule has 0 aromatic heterocycles. The number of carbonyl (C=O) groups is 2. The van der Waals surface area contributed by atoms with Gasteiger partial charge in [-0.3, -0.25) is 19.1 Å². The van der Waals surface area contributed by atoms with Crippen molar-refractivity contribution in [3.05, 3.63) is 12.2 Å². The third-order valence-corrected chi connectivity index (χ3v) is 23.4. The van der Waals surface area contributed by atoms with E-state index in [-0.39, 0.29) is 75.2 Å².